The number of piperazine rings is 1. The summed E-state index contributed by atoms with van der Waals surface area (Å²) in [5.41, 5.74) is 1.72. The van der Waals surface area contributed by atoms with Crippen molar-refractivity contribution in [1.29, 1.82) is 0 Å². The van der Waals surface area contributed by atoms with Crippen LogP contribution in [0.4, 0.5) is 5.69 Å². The summed E-state index contributed by atoms with van der Waals surface area (Å²) in [6, 6.07) is 14.9. The summed E-state index contributed by atoms with van der Waals surface area (Å²) in [6.07, 6.45) is 9.97. The molecule has 1 amide bonds. The first-order chi connectivity index (χ1) is 19.3. The molecule has 2 aliphatic heterocycles. The largest absolute Gasteiger partial charge is 0.457 e. The highest BCUT2D eigenvalue weighted by atomic mass is 32.2. The maximum atomic E-state index is 13.2. The van der Waals surface area contributed by atoms with E-state index in [1.807, 2.05) is 12.1 Å². The second-order valence-corrected chi connectivity index (χ2v) is 13.6. The number of anilines is 1. The van der Waals surface area contributed by atoms with Crippen LogP contribution in [0.5, 0.6) is 11.5 Å². The molecule has 0 radical (unpaired) electrons. The van der Waals surface area contributed by atoms with Gasteiger partial charge < -0.3 is 9.64 Å². The first-order valence-electron chi connectivity index (χ1n) is 14.9. The highest BCUT2D eigenvalue weighted by molar-refractivity contribution is 7.92. The van der Waals surface area contributed by atoms with Crippen LogP contribution in [0.1, 0.15) is 50.5 Å². The van der Waals surface area contributed by atoms with E-state index in [9.17, 15) is 13.2 Å². The van der Waals surface area contributed by atoms with Crippen molar-refractivity contribution in [2.45, 2.75) is 51.5 Å². The summed E-state index contributed by atoms with van der Waals surface area (Å²) in [5.74, 6) is 2.78. The lowest BCUT2D eigenvalue weighted by molar-refractivity contribution is -0.139. The Bertz CT molecular complexity index is 1200. The van der Waals surface area contributed by atoms with Gasteiger partial charge in [0.1, 0.15) is 11.5 Å². The number of nitrogens with zero attached hydrogens (tertiary/aromatic N) is 3. The number of ether oxygens (including phenoxy) is 1. The lowest BCUT2D eigenvalue weighted by Gasteiger charge is -2.40. The van der Waals surface area contributed by atoms with Gasteiger partial charge in [0.25, 0.3) is 0 Å². The van der Waals surface area contributed by atoms with Crippen LogP contribution < -0.4 is 9.46 Å². The van der Waals surface area contributed by atoms with E-state index in [1.165, 1.54) is 44.2 Å². The van der Waals surface area contributed by atoms with Crippen LogP contribution in [-0.2, 0) is 21.4 Å². The molecule has 0 unspecified atom stereocenters. The van der Waals surface area contributed by atoms with Gasteiger partial charge in [-0.05, 0) is 86.7 Å². The van der Waals surface area contributed by atoms with E-state index in [2.05, 4.69) is 31.6 Å². The predicted molar refractivity (Wildman–Crippen MR) is 159 cm³/mol. The highest BCUT2D eigenvalue weighted by Crippen LogP contribution is 2.27. The first kappa shape index (κ1) is 28.9. The van der Waals surface area contributed by atoms with Crippen LogP contribution in [0.3, 0.4) is 0 Å². The Kier molecular flexibility index (Phi) is 9.65. The maximum Gasteiger partial charge on any atom is 0.229 e. The molecule has 218 valence electrons. The zero-order valence-corrected chi connectivity index (χ0v) is 24.6. The lowest BCUT2D eigenvalue weighted by atomic mass is 9.89. The Hall–Kier alpha value is -2.62. The van der Waals surface area contributed by atoms with E-state index in [1.54, 1.807) is 24.3 Å². The quantitative estimate of drug-likeness (QED) is 0.469. The number of piperidine rings is 1. The number of benzene rings is 2. The summed E-state index contributed by atoms with van der Waals surface area (Å²) >= 11 is 0. The van der Waals surface area contributed by atoms with E-state index in [4.69, 9.17) is 4.74 Å². The summed E-state index contributed by atoms with van der Waals surface area (Å²) < 4.78 is 31.1. The van der Waals surface area contributed by atoms with Gasteiger partial charge in [0.05, 0.1) is 6.26 Å². The zero-order valence-electron chi connectivity index (χ0n) is 23.8. The maximum absolute atomic E-state index is 13.2. The van der Waals surface area contributed by atoms with Crippen molar-refractivity contribution < 1.29 is 17.9 Å². The molecule has 1 saturated carbocycles. The van der Waals surface area contributed by atoms with Crippen molar-refractivity contribution in [3.63, 3.8) is 0 Å². The van der Waals surface area contributed by atoms with Crippen molar-refractivity contribution in [3.05, 3.63) is 54.1 Å². The summed E-state index contributed by atoms with van der Waals surface area (Å²) in [5, 5.41) is 0. The van der Waals surface area contributed by atoms with Crippen LogP contribution in [0.15, 0.2) is 48.5 Å². The molecule has 0 atom stereocenters. The molecule has 2 aromatic rings. The number of hydrogen-bond donors (Lipinski definition) is 1. The number of hydrogen-bond acceptors (Lipinski definition) is 6. The highest BCUT2D eigenvalue weighted by Gasteiger charge is 2.31. The monoisotopic (exact) mass is 568 g/mol. The number of carbonyl (C=O) groups excluding carboxylic acids is 1. The fraction of sp³-hybridized carbons (Fsp3) is 0.581. The van der Waals surface area contributed by atoms with Gasteiger partial charge in [0.2, 0.25) is 15.9 Å². The zero-order chi connectivity index (χ0) is 28.0. The van der Waals surface area contributed by atoms with E-state index >= 15 is 0 Å². The average molecular weight is 569 g/mol. The van der Waals surface area contributed by atoms with Gasteiger partial charge in [-0.25, -0.2) is 8.42 Å². The van der Waals surface area contributed by atoms with Gasteiger partial charge in [0, 0.05) is 50.9 Å². The predicted octanol–water partition coefficient (Wildman–Crippen LogP) is 4.79. The number of sulfonamides is 1. The Morgan fingerprint density at radius 2 is 1.40 bits per heavy atom. The Balaban J connectivity index is 1.02. The number of carbonyl (C=O) groups is 1. The van der Waals surface area contributed by atoms with E-state index in [0.717, 1.165) is 76.6 Å². The molecule has 0 spiro atoms. The summed E-state index contributed by atoms with van der Waals surface area (Å²) in [7, 11) is -3.30. The molecule has 2 heterocycles. The minimum absolute atomic E-state index is 0.163. The third-order valence-corrected chi connectivity index (χ3v) is 9.19. The third-order valence-electron chi connectivity index (χ3n) is 8.58. The third kappa shape index (κ3) is 8.44. The van der Waals surface area contributed by atoms with Crippen molar-refractivity contribution in [3.8, 4) is 11.5 Å². The minimum atomic E-state index is -3.30. The molecule has 2 aromatic carbocycles. The SMILES string of the molecule is CS(=O)(=O)Nc1ccc(Oc2ccc(CN3CCC(C(=O)N4CCN(CC5CCCCC5)CC4)CC3)cc2)cc1. The van der Waals surface area contributed by atoms with E-state index < -0.39 is 10.0 Å². The lowest BCUT2D eigenvalue weighted by Crippen LogP contribution is -2.52. The Labute approximate surface area is 239 Å². The fourth-order valence-electron chi connectivity index (χ4n) is 6.34. The van der Waals surface area contributed by atoms with Gasteiger partial charge in [-0.3, -0.25) is 19.3 Å². The van der Waals surface area contributed by atoms with Crippen LogP contribution >= 0.6 is 0 Å². The van der Waals surface area contributed by atoms with Gasteiger partial charge >= 0.3 is 0 Å². The molecule has 8 nitrogen and oxygen atoms in total. The smallest absolute Gasteiger partial charge is 0.229 e. The van der Waals surface area contributed by atoms with Gasteiger partial charge in [0.15, 0.2) is 0 Å². The fourth-order valence-corrected chi connectivity index (χ4v) is 6.91. The van der Waals surface area contributed by atoms with Gasteiger partial charge in [-0.2, -0.15) is 0 Å². The molecule has 2 saturated heterocycles. The molecule has 5 rings (SSSR count). The summed E-state index contributed by atoms with van der Waals surface area (Å²) in [6.45, 7) is 7.84. The van der Waals surface area contributed by atoms with E-state index in [-0.39, 0.29) is 5.92 Å². The van der Waals surface area contributed by atoms with Crippen LogP contribution in [0, 0.1) is 11.8 Å². The Morgan fingerprint density at radius 3 is 2.00 bits per heavy atom. The van der Waals surface area contributed by atoms with Crippen LogP contribution in [0.25, 0.3) is 0 Å². The second-order valence-electron chi connectivity index (χ2n) is 11.8. The molecule has 40 heavy (non-hydrogen) atoms. The van der Waals surface area contributed by atoms with Crippen molar-refractivity contribution in [1.82, 2.24) is 14.7 Å². The number of rotatable bonds is 9. The van der Waals surface area contributed by atoms with Gasteiger partial charge in [-0.1, -0.05) is 31.4 Å². The molecule has 9 heteroatoms. The molecule has 1 aliphatic carbocycles. The molecule has 1 N–H and O–H groups in total. The number of nitrogens with one attached hydrogen (secondary N) is 1. The second kappa shape index (κ2) is 13.4. The summed E-state index contributed by atoms with van der Waals surface area (Å²) in [4.78, 5) is 20.4. The van der Waals surface area contributed by atoms with Crippen molar-refractivity contribution >= 4 is 21.6 Å². The van der Waals surface area contributed by atoms with Gasteiger partial charge in [-0.15, -0.1) is 0 Å². The first-order valence-corrected chi connectivity index (χ1v) is 16.8. The van der Waals surface area contributed by atoms with Crippen LogP contribution in [-0.4, -0.2) is 81.1 Å². The van der Waals surface area contributed by atoms with Crippen molar-refractivity contribution in [2.75, 3.05) is 56.8 Å². The van der Waals surface area contributed by atoms with Crippen molar-refractivity contribution in [2.24, 2.45) is 11.8 Å². The average Bonchev–Trinajstić information content (AvgIpc) is 2.95. The standard InChI is InChI=1S/C31H44N4O4S/c1-40(37,38)32-28-9-13-30(14-10-28)39-29-11-7-26(8-12-29)24-33-17-15-27(16-18-33)31(36)35-21-19-34(20-22-35)23-25-5-3-2-4-6-25/h7-14,25,27,32H,2-6,15-24H2,1H3. The molecular weight excluding hydrogens is 524 g/mol. The molecule has 0 aromatic heterocycles. The normalized spacial score (nSPS) is 20.4. The van der Waals surface area contributed by atoms with Crippen LogP contribution in [0.2, 0.25) is 0 Å². The topological polar surface area (TPSA) is 82.2 Å². The molecule has 3 fully saturated rings. The minimum Gasteiger partial charge on any atom is -0.457 e. The molecular formula is C31H44N4O4S. The Morgan fingerprint density at radius 1 is 0.800 bits per heavy atom. The number of amides is 1. The molecule has 3 aliphatic rings. The molecule has 0 bridgehead atoms. The van der Waals surface area contributed by atoms with E-state index in [0.29, 0.717) is 17.3 Å². The number of likely N-dealkylation sites (tertiary alicyclic amines) is 1.